The minimum Gasteiger partial charge on any atom is -0.459 e. The molecular formula is C22H24BrN3O2. The average molecular weight is 442 g/mol. The fourth-order valence-electron chi connectivity index (χ4n) is 4.21. The molecule has 5 nitrogen and oxygen atoms in total. The van der Waals surface area contributed by atoms with Crippen LogP contribution in [0, 0.1) is 0 Å². The molecule has 146 valence electrons. The molecule has 2 aromatic heterocycles. The fraction of sp³-hybridized carbons (Fsp3) is 0.409. The summed E-state index contributed by atoms with van der Waals surface area (Å²) in [6.07, 6.45) is 8.28. The van der Waals surface area contributed by atoms with Gasteiger partial charge < -0.3 is 9.30 Å². The van der Waals surface area contributed by atoms with Crippen LogP contribution in [-0.2, 0) is 11.8 Å². The fourth-order valence-corrected chi connectivity index (χ4v) is 4.41. The van der Waals surface area contributed by atoms with Crippen molar-refractivity contribution in [2.45, 2.75) is 51.6 Å². The van der Waals surface area contributed by atoms with E-state index in [9.17, 15) is 4.79 Å². The second kappa shape index (κ2) is 7.66. The summed E-state index contributed by atoms with van der Waals surface area (Å²) in [5, 5.41) is 1.18. The zero-order chi connectivity index (χ0) is 19.8. The van der Waals surface area contributed by atoms with Crippen molar-refractivity contribution in [3.05, 3.63) is 46.2 Å². The number of nitrogens with zero attached hydrogens (tertiary/aromatic N) is 3. The van der Waals surface area contributed by atoms with Crippen LogP contribution < -0.4 is 0 Å². The van der Waals surface area contributed by atoms with Crippen LogP contribution in [-0.4, -0.2) is 26.6 Å². The lowest BCUT2D eigenvalue weighted by molar-refractivity contribution is 0.0378. The van der Waals surface area contributed by atoms with Gasteiger partial charge in [-0.2, -0.15) is 0 Å². The summed E-state index contributed by atoms with van der Waals surface area (Å²) in [6, 6.07) is 5.86. The molecule has 0 aliphatic heterocycles. The first-order chi connectivity index (χ1) is 13.5. The summed E-state index contributed by atoms with van der Waals surface area (Å²) >= 11 is 3.42. The monoisotopic (exact) mass is 441 g/mol. The zero-order valence-electron chi connectivity index (χ0n) is 16.4. The lowest BCUT2D eigenvalue weighted by atomic mass is 9.93. The first-order valence-electron chi connectivity index (χ1n) is 9.77. The van der Waals surface area contributed by atoms with E-state index in [1.165, 1.54) is 36.6 Å². The van der Waals surface area contributed by atoms with E-state index >= 15 is 0 Å². The minimum absolute atomic E-state index is 0.141. The van der Waals surface area contributed by atoms with E-state index in [2.05, 4.69) is 36.5 Å². The maximum Gasteiger partial charge on any atom is 0.338 e. The number of rotatable bonds is 4. The normalized spacial score (nSPS) is 14.9. The Kier molecular flexibility index (Phi) is 5.23. The van der Waals surface area contributed by atoms with E-state index in [1.54, 1.807) is 12.4 Å². The molecule has 0 amide bonds. The van der Waals surface area contributed by atoms with Gasteiger partial charge in [-0.25, -0.2) is 14.8 Å². The highest BCUT2D eigenvalue weighted by atomic mass is 79.9. The van der Waals surface area contributed by atoms with Crippen molar-refractivity contribution in [1.29, 1.82) is 0 Å². The summed E-state index contributed by atoms with van der Waals surface area (Å²) in [7, 11) is 2.03. The Bertz CT molecular complexity index is 1020. The Morgan fingerprint density at radius 2 is 1.89 bits per heavy atom. The summed E-state index contributed by atoms with van der Waals surface area (Å²) in [6.45, 7) is 3.72. The van der Waals surface area contributed by atoms with E-state index in [4.69, 9.17) is 4.74 Å². The van der Waals surface area contributed by atoms with Gasteiger partial charge >= 0.3 is 5.97 Å². The van der Waals surface area contributed by atoms with Crippen LogP contribution in [0.5, 0.6) is 0 Å². The highest BCUT2D eigenvalue weighted by molar-refractivity contribution is 9.10. The molecule has 0 N–H and O–H groups in total. The molecule has 0 bridgehead atoms. The highest BCUT2D eigenvalue weighted by Crippen LogP contribution is 2.44. The minimum atomic E-state index is -0.290. The van der Waals surface area contributed by atoms with Crippen LogP contribution in [0.4, 0.5) is 0 Å². The molecule has 1 aromatic carbocycles. The van der Waals surface area contributed by atoms with E-state index in [-0.39, 0.29) is 12.1 Å². The third kappa shape index (κ3) is 3.46. The Balaban J connectivity index is 1.91. The van der Waals surface area contributed by atoms with Gasteiger partial charge in [0.15, 0.2) is 5.82 Å². The molecule has 0 radical (unpaired) electrons. The average Bonchev–Trinajstić information content (AvgIpc) is 3.28. The van der Waals surface area contributed by atoms with E-state index < -0.39 is 0 Å². The molecular weight excluding hydrogens is 418 g/mol. The second-order valence-corrected chi connectivity index (χ2v) is 8.63. The molecule has 2 heterocycles. The number of halogens is 1. The third-order valence-corrected chi connectivity index (χ3v) is 5.82. The van der Waals surface area contributed by atoms with Crippen molar-refractivity contribution in [1.82, 2.24) is 14.5 Å². The Morgan fingerprint density at radius 3 is 2.54 bits per heavy atom. The second-order valence-electron chi connectivity index (χ2n) is 7.71. The van der Waals surface area contributed by atoms with Gasteiger partial charge in [-0.3, -0.25) is 0 Å². The number of hydrogen-bond acceptors (Lipinski definition) is 4. The maximum atomic E-state index is 12.4. The molecule has 0 saturated heterocycles. The van der Waals surface area contributed by atoms with Crippen LogP contribution in [0.1, 0.15) is 61.4 Å². The van der Waals surface area contributed by atoms with E-state index in [0.717, 1.165) is 21.5 Å². The summed E-state index contributed by atoms with van der Waals surface area (Å²) in [4.78, 5) is 21.5. The molecule has 4 rings (SSSR count). The molecule has 0 spiro atoms. The van der Waals surface area contributed by atoms with E-state index in [0.29, 0.717) is 11.5 Å². The van der Waals surface area contributed by atoms with Crippen molar-refractivity contribution in [2.24, 2.45) is 7.05 Å². The van der Waals surface area contributed by atoms with Gasteiger partial charge in [0.2, 0.25) is 0 Å². The predicted octanol–water partition coefficient (Wildman–Crippen LogP) is 5.62. The van der Waals surface area contributed by atoms with Crippen molar-refractivity contribution in [2.75, 3.05) is 0 Å². The molecule has 1 saturated carbocycles. The van der Waals surface area contributed by atoms with Crippen LogP contribution >= 0.6 is 15.9 Å². The molecule has 28 heavy (non-hydrogen) atoms. The van der Waals surface area contributed by atoms with Crippen LogP contribution in [0.3, 0.4) is 0 Å². The van der Waals surface area contributed by atoms with Gasteiger partial charge in [0.05, 0.1) is 21.8 Å². The quantitative estimate of drug-likeness (QED) is 0.492. The summed E-state index contributed by atoms with van der Waals surface area (Å²) < 4.78 is 8.36. The highest BCUT2D eigenvalue weighted by Gasteiger charge is 2.28. The summed E-state index contributed by atoms with van der Waals surface area (Å²) in [5.41, 5.74) is 3.94. The molecule has 0 atom stereocenters. The number of esters is 1. The van der Waals surface area contributed by atoms with Crippen molar-refractivity contribution < 1.29 is 9.53 Å². The Hall–Kier alpha value is -2.21. The standard InChI is InChI=1S/C22H24BrN3O2/c1-13(2)28-22(27)15-8-9-17-18(10-15)26(3)20(19(17)14-6-4-5-7-14)21-24-11-16(23)12-25-21/h8-14H,4-7H2,1-3H3. The topological polar surface area (TPSA) is 57.0 Å². The smallest absolute Gasteiger partial charge is 0.338 e. The van der Waals surface area contributed by atoms with Crippen LogP contribution in [0.25, 0.3) is 22.4 Å². The predicted molar refractivity (Wildman–Crippen MR) is 113 cm³/mol. The molecule has 1 fully saturated rings. The third-order valence-electron chi connectivity index (χ3n) is 5.41. The Morgan fingerprint density at radius 1 is 1.21 bits per heavy atom. The van der Waals surface area contributed by atoms with Crippen molar-refractivity contribution >= 4 is 32.8 Å². The van der Waals surface area contributed by atoms with Crippen molar-refractivity contribution in [3.8, 4) is 11.5 Å². The number of carbonyl (C=O) groups is 1. The lowest BCUT2D eigenvalue weighted by Crippen LogP contribution is -2.11. The molecule has 0 unspecified atom stereocenters. The van der Waals surface area contributed by atoms with Crippen LogP contribution in [0.15, 0.2) is 35.1 Å². The lowest BCUT2D eigenvalue weighted by Gasteiger charge is -2.12. The number of aryl methyl sites for hydroxylation is 1. The SMILES string of the molecule is CC(C)OC(=O)c1ccc2c(C3CCCC3)c(-c3ncc(Br)cn3)n(C)c2c1. The number of fused-ring (bicyclic) bond motifs is 1. The number of ether oxygens (including phenoxy) is 1. The molecule has 6 heteroatoms. The number of carbonyl (C=O) groups excluding carboxylic acids is 1. The van der Waals surface area contributed by atoms with Gasteiger partial charge in [-0.05, 0) is 66.2 Å². The molecule has 1 aliphatic rings. The number of benzene rings is 1. The first-order valence-corrected chi connectivity index (χ1v) is 10.6. The van der Waals surface area contributed by atoms with Gasteiger partial charge in [-0.15, -0.1) is 0 Å². The van der Waals surface area contributed by atoms with Crippen molar-refractivity contribution in [3.63, 3.8) is 0 Å². The summed E-state index contributed by atoms with van der Waals surface area (Å²) in [5.74, 6) is 0.927. The van der Waals surface area contributed by atoms with Gasteiger partial charge in [0, 0.05) is 30.3 Å². The zero-order valence-corrected chi connectivity index (χ0v) is 18.0. The maximum absolute atomic E-state index is 12.4. The van der Waals surface area contributed by atoms with E-state index in [1.807, 2.05) is 33.0 Å². The molecule has 3 aromatic rings. The van der Waals surface area contributed by atoms with Gasteiger partial charge in [-0.1, -0.05) is 18.9 Å². The molecule has 1 aliphatic carbocycles. The number of aromatic nitrogens is 3. The largest absolute Gasteiger partial charge is 0.459 e. The van der Waals surface area contributed by atoms with Crippen LogP contribution in [0.2, 0.25) is 0 Å². The van der Waals surface area contributed by atoms with Gasteiger partial charge in [0.25, 0.3) is 0 Å². The Labute approximate surface area is 173 Å². The first kappa shape index (κ1) is 19.1. The number of hydrogen-bond donors (Lipinski definition) is 0. The van der Waals surface area contributed by atoms with Gasteiger partial charge in [0.1, 0.15) is 0 Å².